The Balaban J connectivity index is 0.000000143. The minimum atomic E-state index is -0.274. The third-order valence-electron chi connectivity index (χ3n) is 20.7. The molecule has 4 aromatic carbocycles. The fourth-order valence-electron chi connectivity index (χ4n) is 14.9. The Hall–Kier alpha value is -5.90. The highest BCUT2D eigenvalue weighted by Crippen LogP contribution is 2.58. The Kier molecular flexibility index (Phi) is 18.9. The summed E-state index contributed by atoms with van der Waals surface area (Å²) in [6, 6.07) is 29.5. The van der Waals surface area contributed by atoms with Gasteiger partial charge in [-0.2, -0.15) is 0 Å². The summed E-state index contributed by atoms with van der Waals surface area (Å²) < 4.78 is 26.0. The normalized spacial score (nSPS) is 23.1. The third kappa shape index (κ3) is 13.7. The van der Waals surface area contributed by atoms with Crippen molar-refractivity contribution in [2.75, 3.05) is 26.2 Å². The van der Waals surface area contributed by atoms with Crippen LogP contribution < -0.4 is 26.1 Å². The van der Waals surface area contributed by atoms with Crippen molar-refractivity contribution in [1.29, 1.82) is 0 Å². The van der Waals surface area contributed by atoms with E-state index in [1.54, 1.807) is 0 Å². The molecule has 7 aliphatic rings. The number of halogens is 1. The molecule has 0 radical (unpaired) electrons. The lowest BCUT2D eigenvalue weighted by molar-refractivity contribution is 0.00578. The number of carbonyl (C=O) groups excluding carboxylic acids is 2. The average Bonchev–Trinajstić information content (AvgIpc) is 1.72. The van der Waals surface area contributed by atoms with Gasteiger partial charge in [0, 0.05) is 88.1 Å². The molecule has 2 aliphatic carbocycles. The molecule has 0 unspecified atom stereocenters. The summed E-state index contributed by atoms with van der Waals surface area (Å²) in [5.41, 5.74) is 13.6. The molecule has 6 aromatic rings. The molecule has 13 rings (SSSR count). The molecule has 0 amide bonds. The number of H-pyrrole nitrogens is 2. The summed E-state index contributed by atoms with van der Waals surface area (Å²) in [5.74, 6) is 2.66. The van der Waals surface area contributed by atoms with E-state index in [0.29, 0.717) is 54.2 Å². The molecule has 4 atom stereocenters. The topological polar surface area (TPSA) is 143 Å². The van der Waals surface area contributed by atoms with Crippen molar-refractivity contribution in [3.05, 3.63) is 177 Å². The zero-order chi connectivity index (χ0) is 62.3. The summed E-state index contributed by atoms with van der Waals surface area (Å²) in [4.78, 5) is 62.0. The summed E-state index contributed by atoms with van der Waals surface area (Å²) in [6.45, 7) is 27.3. The van der Waals surface area contributed by atoms with Crippen LogP contribution in [0.25, 0.3) is 11.1 Å². The number of carbonyl (C=O) groups is 2. The van der Waals surface area contributed by atoms with Gasteiger partial charge in [0.25, 0.3) is 11.1 Å². The van der Waals surface area contributed by atoms with Gasteiger partial charge in [0.15, 0.2) is 11.6 Å². The standard InChI is InChI=1S/C34H40N2O3.C22H24BrNO3.C18H28BNO2/c1-22-18-23(2)35-33(38)27(22)13-14-31(37)26-19-28(32-29(20-26)30-8-7-15-34(30,3)39-32)25-11-9-24(10-12-25)21-36-16-5-4-6-17-36;1-12-9-13(2)24-21(26)15(12)6-7-19(25)14-10-16-17-5-4-8-22(17,3)27-20(16)18(23)11-14;1-17(2)18(3,4)22-19(21-17)16-10-8-15(9-11-16)14-20-12-6-5-7-13-20/h9-12,18-20,30H,4-8,13-17,21H2,1-3H3,(H,35,38);9-11,17H,4-8H2,1-3H3,(H,24,26);8-11H,5-7,12-14H2,1-4H3/t30-,34-;17-,22-;/m00./s1. The predicted molar refractivity (Wildman–Crippen MR) is 356 cm³/mol. The summed E-state index contributed by atoms with van der Waals surface area (Å²) in [7, 11) is -0.256. The molecule has 14 heteroatoms. The SMILES string of the molecule is CC1(C)OB(c2ccc(CN3CCCCC3)cc2)OC1(C)C.Cc1cc(C)c(CCC(=O)c2cc(-c3ccc(CN4CCCCC4)cc3)c3c(c2)[C@@H]2CCC[C@]2(C)O3)c(=O)[nH]1.Cc1cc(C)c(CCC(=O)c2cc(Br)c3c(c2)[C@@H]2CCC[C@]2(C)O3)c(=O)[nH]1. The van der Waals surface area contributed by atoms with Gasteiger partial charge in [-0.15, -0.1) is 0 Å². The van der Waals surface area contributed by atoms with Crippen LogP contribution in [0.3, 0.4) is 0 Å². The van der Waals surface area contributed by atoms with Crippen molar-refractivity contribution in [3.8, 4) is 22.6 Å². The number of aromatic amines is 2. The van der Waals surface area contributed by atoms with E-state index in [4.69, 9.17) is 18.8 Å². The van der Waals surface area contributed by atoms with Crippen LogP contribution in [0.2, 0.25) is 0 Å². The van der Waals surface area contributed by atoms with E-state index >= 15 is 0 Å². The van der Waals surface area contributed by atoms with Crippen LogP contribution in [-0.4, -0.2) is 87.0 Å². The van der Waals surface area contributed by atoms with E-state index in [1.165, 1.54) is 81.4 Å². The van der Waals surface area contributed by atoms with Crippen LogP contribution in [0.4, 0.5) is 0 Å². The van der Waals surface area contributed by atoms with Gasteiger partial charge < -0.3 is 28.8 Å². The minimum absolute atomic E-state index is 0.0597. The third-order valence-corrected chi connectivity index (χ3v) is 21.3. The van der Waals surface area contributed by atoms with E-state index < -0.39 is 0 Å². The second kappa shape index (κ2) is 26.1. The minimum Gasteiger partial charge on any atom is -0.486 e. The molecular formula is C74H92BBrN4O8. The van der Waals surface area contributed by atoms with Crippen molar-refractivity contribution < 1.29 is 28.4 Å². The number of piperidine rings is 2. The van der Waals surface area contributed by atoms with Gasteiger partial charge in [-0.3, -0.25) is 29.0 Å². The second-order valence-electron chi connectivity index (χ2n) is 28.0. The van der Waals surface area contributed by atoms with Crippen LogP contribution in [-0.2, 0) is 35.2 Å². The van der Waals surface area contributed by atoms with Gasteiger partial charge in [-0.05, 0) is 258 Å². The number of ether oxygens (including phenoxy) is 2. The monoisotopic (exact) mass is 1250 g/mol. The van der Waals surface area contributed by atoms with Crippen molar-refractivity contribution in [1.82, 2.24) is 19.8 Å². The number of aromatic nitrogens is 2. The number of benzene rings is 4. The number of pyridine rings is 2. The van der Waals surface area contributed by atoms with E-state index in [2.05, 4.69) is 132 Å². The number of hydrogen-bond donors (Lipinski definition) is 2. The van der Waals surface area contributed by atoms with E-state index in [-0.39, 0.29) is 52.2 Å². The molecule has 5 aliphatic heterocycles. The zero-order valence-corrected chi connectivity index (χ0v) is 55.5. The molecule has 7 heterocycles. The molecule has 2 saturated carbocycles. The van der Waals surface area contributed by atoms with Crippen molar-refractivity contribution in [2.45, 2.75) is 219 Å². The highest BCUT2D eigenvalue weighted by molar-refractivity contribution is 9.10. The first-order valence-corrected chi connectivity index (χ1v) is 33.6. The Labute approximate surface area is 530 Å². The van der Waals surface area contributed by atoms with Gasteiger partial charge in [0.05, 0.1) is 15.7 Å². The average molecular weight is 1260 g/mol. The maximum atomic E-state index is 13.6. The molecule has 0 spiro atoms. The number of ketones is 2. The number of fused-ring (bicyclic) bond motifs is 6. The highest BCUT2D eigenvalue weighted by Gasteiger charge is 2.52. The smallest absolute Gasteiger partial charge is 0.486 e. The molecule has 3 saturated heterocycles. The van der Waals surface area contributed by atoms with Gasteiger partial charge in [-0.1, -0.05) is 61.4 Å². The lowest BCUT2D eigenvalue weighted by Gasteiger charge is -2.32. The fraction of sp³-hybridized carbons (Fsp3) is 0.514. The first-order chi connectivity index (χ1) is 42.0. The molecule has 12 nitrogen and oxygen atoms in total. The molecule has 2 N–H and O–H groups in total. The number of aryl methyl sites for hydroxylation is 4. The van der Waals surface area contributed by atoms with Gasteiger partial charge in [-0.25, -0.2) is 0 Å². The van der Waals surface area contributed by atoms with Crippen molar-refractivity contribution in [3.63, 3.8) is 0 Å². The Bertz CT molecular complexity index is 3660. The molecule has 466 valence electrons. The van der Waals surface area contributed by atoms with Crippen LogP contribution in [0.5, 0.6) is 11.5 Å². The maximum absolute atomic E-state index is 13.6. The Morgan fingerprint density at radius 3 is 1.45 bits per heavy atom. The first-order valence-electron chi connectivity index (χ1n) is 32.8. The van der Waals surface area contributed by atoms with Crippen molar-refractivity contribution in [2.24, 2.45) is 0 Å². The lowest BCUT2D eigenvalue weighted by atomic mass is 9.79. The van der Waals surface area contributed by atoms with Crippen molar-refractivity contribution >= 4 is 40.1 Å². The second-order valence-corrected chi connectivity index (χ2v) is 28.8. The number of nitrogens with one attached hydrogen (secondary N) is 2. The highest BCUT2D eigenvalue weighted by atomic mass is 79.9. The number of likely N-dealkylation sites (tertiary alicyclic amines) is 2. The summed E-state index contributed by atoms with van der Waals surface area (Å²) >= 11 is 3.59. The number of Topliss-reactive ketones (excluding diaryl/α,β-unsaturated/α-hetero) is 2. The summed E-state index contributed by atoms with van der Waals surface area (Å²) in [5, 5.41) is 0. The molecule has 5 fully saturated rings. The quantitative estimate of drug-likeness (QED) is 0.0799. The molecule has 2 aromatic heterocycles. The largest absolute Gasteiger partial charge is 0.494 e. The first kappa shape index (κ1) is 63.7. The maximum Gasteiger partial charge on any atom is 0.494 e. The molecular weight excluding hydrogens is 1160 g/mol. The van der Waals surface area contributed by atoms with Gasteiger partial charge >= 0.3 is 7.12 Å². The van der Waals surface area contributed by atoms with Gasteiger partial charge in [0.1, 0.15) is 22.7 Å². The number of nitrogens with zero attached hydrogens (tertiary/aromatic N) is 2. The molecule has 88 heavy (non-hydrogen) atoms. The van der Waals surface area contributed by atoms with E-state index in [0.717, 1.165) is 118 Å². The number of rotatable bonds is 14. The van der Waals surface area contributed by atoms with E-state index in [1.807, 2.05) is 58.0 Å². The Morgan fingerprint density at radius 1 is 0.557 bits per heavy atom. The zero-order valence-electron chi connectivity index (χ0n) is 53.9. The van der Waals surface area contributed by atoms with Gasteiger partial charge in [0.2, 0.25) is 0 Å². The number of hydrogen-bond acceptors (Lipinski definition) is 10. The lowest BCUT2D eigenvalue weighted by Crippen LogP contribution is -2.41. The van der Waals surface area contributed by atoms with Crippen LogP contribution in [0.15, 0.2) is 99.0 Å². The van der Waals surface area contributed by atoms with Crippen LogP contribution in [0, 0.1) is 27.7 Å². The van der Waals surface area contributed by atoms with Crippen LogP contribution in [0.1, 0.15) is 220 Å². The summed E-state index contributed by atoms with van der Waals surface area (Å²) in [6.07, 6.45) is 16.1. The van der Waals surface area contributed by atoms with Crippen LogP contribution >= 0.6 is 15.9 Å². The predicted octanol–water partition coefficient (Wildman–Crippen LogP) is 14.8. The molecule has 0 bridgehead atoms. The Morgan fingerprint density at radius 2 is 0.989 bits per heavy atom. The van der Waals surface area contributed by atoms with E-state index in [9.17, 15) is 19.2 Å². The fourth-order valence-corrected chi connectivity index (χ4v) is 15.5.